The fraction of sp³-hybridized carbons (Fsp3) is 0.870. The van der Waals surface area contributed by atoms with Crippen LogP contribution >= 0.6 is 0 Å². The highest BCUT2D eigenvalue weighted by Gasteiger charge is 2.59. The maximum atomic E-state index is 11.4. The van der Waals surface area contributed by atoms with Gasteiger partial charge in [-0.3, -0.25) is 4.79 Å². The predicted molar refractivity (Wildman–Crippen MR) is 102 cm³/mol. The van der Waals surface area contributed by atoms with E-state index >= 15 is 0 Å². The first-order valence-electron chi connectivity index (χ1n) is 10.8. The molecule has 0 aromatic carbocycles. The van der Waals surface area contributed by atoms with Crippen molar-refractivity contribution in [2.45, 2.75) is 91.3 Å². The largest absolute Gasteiger partial charge is 0.462 e. The lowest BCUT2D eigenvalue weighted by molar-refractivity contribution is -0.148. The van der Waals surface area contributed by atoms with Gasteiger partial charge in [0, 0.05) is 13.3 Å². The number of hydrogen-bond acceptors (Lipinski definition) is 3. The van der Waals surface area contributed by atoms with Crippen LogP contribution in [0.3, 0.4) is 0 Å². The smallest absolute Gasteiger partial charge is 0.302 e. The van der Waals surface area contributed by atoms with Crippen LogP contribution in [0.1, 0.15) is 79.1 Å². The maximum Gasteiger partial charge on any atom is 0.302 e. The van der Waals surface area contributed by atoms with Crippen LogP contribution in [0.4, 0.5) is 0 Å². The number of carbonyl (C=O) groups excluding carboxylic acids is 1. The van der Waals surface area contributed by atoms with E-state index in [9.17, 15) is 9.90 Å². The second-order valence-corrected chi connectivity index (χ2v) is 10.2. The van der Waals surface area contributed by atoms with Gasteiger partial charge < -0.3 is 9.84 Å². The number of rotatable bonds is 2. The van der Waals surface area contributed by atoms with E-state index in [4.69, 9.17) is 4.74 Å². The van der Waals surface area contributed by atoms with Crippen molar-refractivity contribution in [3.05, 3.63) is 11.6 Å². The third kappa shape index (κ3) is 2.68. The van der Waals surface area contributed by atoms with Gasteiger partial charge in [-0.25, -0.2) is 0 Å². The third-order valence-corrected chi connectivity index (χ3v) is 9.05. The maximum absolute atomic E-state index is 11.4. The molecule has 3 fully saturated rings. The van der Waals surface area contributed by atoms with Gasteiger partial charge in [-0.1, -0.05) is 25.5 Å². The number of aliphatic hydroxyl groups excluding tert-OH is 1. The number of ether oxygens (including phenoxy) is 1. The van der Waals surface area contributed by atoms with Crippen molar-refractivity contribution < 1.29 is 14.6 Å². The van der Waals surface area contributed by atoms with E-state index in [2.05, 4.69) is 19.9 Å². The van der Waals surface area contributed by atoms with Crippen molar-refractivity contribution in [3.63, 3.8) is 0 Å². The summed E-state index contributed by atoms with van der Waals surface area (Å²) in [4.78, 5) is 11.4. The molecule has 0 spiro atoms. The second-order valence-electron chi connectivity index (χ2n) is 10.2. The van der Waals surface area contributed by atoms with Crippen molar-refractivity contribution in [2.24, 2.45) is 34.5 Å². The van der Waals surface area contributed by atoms with Crippen LogP contribution in [0.25, 0.3) is 0 Å². The van der Waals surface area contributed by atoms with Gasteiger partial charge in [0.1, 0.15) is 6.10 Å². The molecule has 1 N–H and O–H groups in total. The normalized spacial score (nSPS) is 48.7. The lowest BCUT2D eigenvalue weighted by atomic mass is 9.47. The lowest BCUT2D eigenvalue weighted by Gasteiger charge is -2.58. The summed E-state index contributed by atoms with van der Waals surface area (Å²) in [6.45, 7) is 8.49. The van der Waals surface area contributed by atoms with Gasteiger partial charge in [-0.15, -0.1) is 0 Å². The topological polar surface area (TPSA) is 46.5 Å². The SMILES string of the molecule is CC(=O)O[C@H]1CC[C@@]2(C)C(=CC[C@@H]3[C@H]4CC[C@@H]([C@@H](C)O)[C@@]4(C)CC[C@H]32)C1. The molecule has 4 rings (SSSR count). The molecule has 0 amide bonds. The van der Waals surface area contributed by atoms with Crippen molar-refractivity contribution in [1.29, 1.82) is 0 Å². The summed E-state index contributed by atoms with van der Waals surface area (Å²) in [5.41, 5.74) is 2.18. The average molecular weight is 361 g/mol. The summed E-state index contributed by atoms with van der Waals surface area (Å²) in [5, 5.41) is 10.3. The molecule has 146 valence electrons. The Hall–Kier alpha value is -0.830. The Morgan fingerprint density at radius 2 is 1.96 bits per heavy atom. The first-order valence-corrected chi connectivity index (χ1v) is 10.8. The van der Waals surface area contributed by atoms with E-state index in [0.29, 0.717) is 16.7 Å². The van der Waals surface area contributed by atoms with E-state index in [0.717, 1.165) is 37.0 Å². The summed E-state index contributed by atoms with van der Waals surface area (Å²) >= 11 is 0. The molecule has 0 bridgehead atoms. The van der Waals surface area contributed by atoms with E-state index in [1.807, 2.05) is 6.92 Å². The molecule has 0 aromatic heterocycles. The van der Waals surface area contributed by atoms with Crippen LogP contribution < -0.4 is 0 Å². The monoisotopic (exact) mass is 360 g/mol. The Morgan fingerprint density at radius 3 is 2.65 bits per heavy atom. The minimum Gasteiger partial charge on any atom is -0.462 e. The molecule has 0 radical (unpaired) electrons. The molecule has 4 aliphatic rings. The molecule has 3 heteroatoms. The van der Waals surface area contributed by atoms with Crippen LogP contribution in [-0.2, 0) is 9.53 Å². The van der Waals surface area contributed by atoms with Gasteiger partial charge in [0.15, 0.2) is 0 Å². The van der Waals surface area contributed by atoms with Crippen molar-refractivity contribution in [3.8, 4) is 0 Å². The lowest BCUT2D eigenvalue weighted by Crippen LogP contribution is -2.51. The van der Waals surface area contributed by atoms with E-state index in [1.165, 1.54) is 39.0 Å². The third-order valence-electron chi connectivity index (χ3n) is 9.05. The molecule has 0 aromatic rings. The number of esters is 1. The first kappa shape index (κ1) is 18.5. The van der Waals surface area contributed by atoms with Crippen LogP contribution in [-0.4, -0.2) is 23.3 Å². The Balaban J connectivity index is 1.58. The molecule has 0 heterocycles. The van der Waals surface area contributed by atoms with Gasteiger partial charge in [0.05, 0.1) is 6.10 Å². The Morgan fingerprint density at radius 1 is 1.19 bits per heavy atom. The van der Waals surface area contributed by atoms with E-state index in [1.54, 1.807) is 5.57 Å². The predicted octanol–water partition coefficient (Wildman–Crippen LogP) is 4.88. The van der Waals surface area contributed by atoms with Crippen molar-refractivity contribution >= 4 is 5.97 Å². The van der Waals surface area contributed by atoms with Crippen LogP contribution in [0.15, 0.2) is 11.6 Å². The molecule has 26 heavy (non-hydrogen) atoms. The highest BCUT2D eigenvalue weighted by molar-refractivity contribution is 5.66. The highest BCUT2D eigenvalue weighted by Crippen LogP contribution is 2.66. The summed E-state index contributed by atoms with van der Waals surface area (Å²) in [6, 6.07) is 0. The minimum absolute atomic E-state index is 0.0864. The van der Waals surface area contributed by atoms with E-state index in [-0.39, 0.29) is 18.2 Å². The number of carbonyl (C=O) groups is 1. The average Bonchev–Trinajstić information content (AvgIpc) is 2.92. The van der Waals surface area contributed by atoms with Gasteiger partial charge >= 0.3 is 5.97 Å². The van der Waals surface area contributed by atoms with Gasteiger partial charge in [0.25, 0.3) is 0 Å². The molecule has 3 saturated carbocycles. The molecular weight excluding hydrogens is 324 g/mol. The van der Waals surface area contributed by atoms with Crippen molar-refractivity contribution in [2.75, 3.05) is 0 Å². The standard InChI is InChI=1S/C23H36O3/c1-14(24)19-7-8-20-18-6-5-16-13-17(26-15(2)25)9-11-22(16,3)21(18)10-12-23(19,20)4/h5,14,17-21,24H,6-13H2,1-4H3/t14-,17+,18-,19+,20-,21-,22+,23-/m1/s1. The molecule has 0 aliphatic heterocycles. The minimum atomic E-state index is -0.175. The molecule has 3 nitrogen and oxygen atoms in total. The molecule has 0 saturated heterocycles. The zero-order valence-electron chi connectivity index (χ0n) is 17.0. The number of allylic oxidation sites excluding steroid dienone is 1. The van der Waals surface area contributed by atoms with Gasteiger partial charge in [0.2, 0.25) is 0 Å². The van der Waals surface area contributed by atoms with Gasteiger partial charge in [-0.2, -0.15) is 0 Å². The van der Waals surface area contributed by atoms with E-state index < -0.39 is 0 Å². The van der Waals surface area contributed by atoms with Crippen LogP contribution in [0.5, 0.6) is 0 Å². The second kappa shape index (κ2) is 6.36. The Bertz CT molecular complexity index is 609. The number of fused-ring (bicyclic) bond motifs is 5. The fourth-order valence-corrected chi connectivity index (χ4v) is 7.80. The molecular formula is C23H36O3. The molecule has 0 unspecified atom stereocenters. The molecule has 8 atom stereocenters. The summed E-state index contributed by atoms with van der Waals surface area (Å²) in [6.07, 6.45) is 11.8. The quantitative estimate of drug-likeness (QED) is 0.564. The Kier molecular flexibility index (Phi) is 4.53. The molecule has 4 aliphatic carbocycles. The van der Waals surface area contributed by atoms with Gasteiger partial charge in [-0.05, 0) is 86.4 Å². The summed E-state index contributed by atoms with van der Waals surface area (Å²) in [5.74, 6) is 2.65. The summed E-state index contributed by atoms with van der Waals surface area (Å²) < 4.78 is 5.54. The zero-order valence-corrected chi connectivity index (χ0v) is 17.0. The van der Waals surface area contributed by atoms with Crippen LogP contribution in [0.2, 0.25) is 0 Å². The fourth-order valence-electron chi connectivity index (χ4n) is 7.80. The van der Waals surface area contributed by atoms with Crippen molar-refractivity contribution in [1.82, 2.24) is 0 Å². The number of hydrogen-bond donors (Lipinski definition) is 1. The zero-order chi connectivity index (χ0) is 18.7. The summed E-state index contributed by atoms with van der Waals surface area (Å²) in [7, 11) is 0. The first-order chi connectivity index (χ1) is 12.3. The highest BCUT2D eigenvalue weighted by atomic mass is 16.5. The van der Waals surface area contributed by atoms with Crippen LogP contribution in [0, 0.1) is 34.5 Å². The number of aliphatic hydroxyl groups is 1. The Labute approximate surface area is 158 Å².